The normalized spacial score (nSPS) is 23.7. The molecule has 2 heterocycles. The molecule has 0 aliphatic carbocycles. The molecule has 180 valence electrons. The largest absolute Gasteiger partial charge is 0.484 e. The van der Waals surface area contributed by atoms with Crippen molar-refractivity contribution in [3.05, 3.63) is 35.6 Å². The first-order valence-electron chi connectivity index (χ1n) is 10.5. The number of rotatable bonds is 10. The van der Waals surface area contributed by atoms with Crippen molar-refractivity contribution in [2.45, 2.75) is 25.8 Å². The number of ether oxygens (including phenoxy) is 3. The van der Waals surface area contributed by atoms with Crippen molar-refractivity contribution in [1.82, 2.24) is 15.1 Å². The Labute approximate surface area is 192 Å². The van der Waals surface area contributed by atoms with Gasteiger partial charge in [0.1, 0.15) is 11.8 Å². The van der Waals surface area contributed by atoms with E-state index in [-0.39, 0.29) is 43.2 Å². The van der Waals surface area contributed by atoms with E-state index in [9.17, 15) is 24.0 Å². The van der Waals surface area contributed by atoms with E-state index in [0.29, 0.717) is 19.8 Å². The van der Waals surface area contributed by atoms with Crippen molar-refractivity contribution < 1.29 is 38.2 Å². The minimum Gasteiger partial charge on any atom is -0.484 e. The van der Waals surface area contributed by atoms with E-state index < -0.39 is 29.7 Å². The molecule has 2 aliphatic heterocycles. The molecule has 2 aliphatic rings. The number of hydrogen-bond donors (Lipinski definition) is 1. The predicted molar refractivity (Wildman–Crippen MR) is 115 cm³/mol. The highest BCUT2D eigenvalue weighted by Crippen LogP contribution is 2.21. The van der Waals surface area contributed by atoms with Crippen molar-refractivity contribution >= 4 is 29.5 Å². The number of piperidine rings is 1. The molecule has 0 saturated carbocycles. The summed E-state index contributed by atoms with van der Waals surface area (Å²) in [7, 11) is 2.88. The molecule has 2 rings (SSSR count). The molecule has 11 heteroatoms. The van der Waals surface area contributed by atoms with E-state index >= 15 is 0 Å². The Bertz CT molecular complexity index is 877. The molecule has 0 spiro atoms. The fourth-order valence-electron chi connectivity index (χ4n) is 3.12. The third kappa shape index (κ3) is 7.36. The van der Waals surface area contributed by atoms with Gasteiger partial charge in [0.15, 0.2) is 6.61 Å². The number of imide groups is 2. The van der Waals surface area contributed by atoms with Crippen LogP contribution in [0.15, 0.2) is 35.6 Å². The lowest BCUT2D eigenvalue weighted by atomic mass is 10.0. The number of carbonyl (C=O) groups is 5. The lowest BCUT2D eigenvalue weighted by Crippen LogP contribution is -2.56. The van der Waals surface area contributed by atoms with Crippen molar-refractivity contribution in [2.24, 2.45) is 0 Å². The van der Waals surface area contributed by atoms with E-state index in [2.05, 4.69) is 5.32 Å². The Morgan fingerprint density at radius 1 is 1.18 bits per heavy atom. The number of hydrogen-bond acceptors (Lipinski definition) is 8. The molecule has 1 atom stereocenters. The molecule has 5 amide bonds. The van der Waals surface area contributed by atoms with Crippen LogP contribution in [0, 0.1) is 0 Å². The van der Waals surface area contributed by atoms with Crippen LogP contribution in [-0.2, 0) is 38.2 Å². The van der Waals surface area contributed by atoms with Gasteiger partial charge in [0.2, 0.25) is 5.91 Å². The molecule has 1 N–H and O–H groups in total. The highest BCUT2D eigenvalue weighted by molar-refractivity contribution is 6.12. The standard InChI is InChI=1S/C22H29N3O8/c1-15-5-4-6-16(33-14-18(26)23-9-10-32-12-11-31-3)13-20(28)25(21(15)29)17-7-8-19(27)24(2)22(17)30/h4-6,13,17H,7-12,14H2,1-3H3,(H,23,26)/b6-4-,15-5+,16-13-. The minimum absolute atomic E-state index is 0.0351. The van der Waals surface area contributed by atoms with Crippen LogP contribution in [0.2, 0.25) is 0 Å². The van der Waals surface area contributed by atoms with Crippen LogP contribution in [0.5, 0.6) is 0 Å². The SMILES string of the molecule is COCCOCCNC(=O)COC1=C\C(=O)N(C2CCC(=O)N(C)C2=O)C(=O)/C(C)=C/C=C\1. The van der Waals surface area contributed by atoms with E-state index in [0.717, 1.165) is 15.9 Å². The van der Waals surface area contributed by atoms with Gasteiger partial charge in [-0.15, -0.1) is 0 Å². The molecule has 1 saturated heterocycles. The summed E-state index contributed by atoms with van der Waals surface area (Å²) in [6.07, 6.45) is 5.55. The first-order valence-corrected chi connectivity index (χ1v) is 10.5. The zero-order chi connectivity index (χ0) is 24.4. The zero-order valence-corrected chi connectivity index (χ0v) is 19.0. The third-order valence-electron chi connectivity index (χ3n) is 4.97. The van der Waals surface area contributed by atoms with Crippen molar-refractivity contribution in [2.75, 3.05) is 47.1 Å². The number of carbonyl (C=O) groups excluding carboxylic acids is 5. The van der Waals surface area contributed by atoms with Gasteiger partial charge in [-0.05, 0) is 19.4 Å². The molecule has 33 heavy (non-hydrogen) atoms. The summed E-state index contributed by atoms with van der Waals surface area (Å²) in [6, 6.07) is -1.10. The number of allylic oxidation sites excluding steroid dienone is 3. The summed E-state index contributed by atoms with van der Waals surface area (Å²) in [6.45, 7) is 2.61. The fraction of sp³-hybridized carbons (Fsp3) is 0.500. The number of methoxy groups -OCH3 is 1. The number of nitrogens with one attached hydrogen (secondary N) is 1. The second kappa shape index (κ2) is 12.7. The maximum atomic E-state index is 13.0. The topological polar surface area (TPSA) is 132 Å². The highest BCUT2D eigenvalue weighted by atomic mass is 16.5. The van der Waals surface area contributed by atoms with Gasteiger partial charge in [0, 0.05) is 38.8 Å². The van der Waals surface area contributed by atoms with Crippen LogP contribution < -0.4 is 5.32 Å². The minimum atomic E-state index is -1.10. The monoisotopic (exact) mass is 463 g/mol. The Kier molecular flexibility index (Phi) is 9.95. The summed E-state index contributed by atoms with van der Waals surface area (Å²) >= 11 is 0. The van der Waals surface area contributed by atoms with Crippen LogP contribution in [0.4, 0.5) is 0 Å². The maximum absolute atomic E-state index is 13.0. The number of likely N-dealkylation sites (tertiary alicyclic amines) is 1. The molecule has 0 aromatic carbocycles. The summed E-state index contributed by atoms with van der Waals surface area (Å²) in [5, 5.41) is 2.62. The average Bonchev–Trinajstić information content (AvgIpc) is 2.83. The van der Waals surface area contributed by atoms with Gasteiger partial charge in [-0.1, -0.05) is 12.2 Å². The molecular weight excluding hydrogens is 434 g/mol. The number of nitrogens with zero attached hydrogens (tertiary/aromatic N) is 2. The quantitative estimate of drug-likeness (QED) is 0.345. The zero-order valence-electron chi connectivity index (χ0n) is 19.0. The van der Waals surface area contributed by atoms with E-state index in [4.69, 9.17) is 14.2 Å². The maximum Gasteiger partial charge on any atom is 0.258 e. The average molecular weight is 463 g/mol. The van der Waals surface area contributed by atoms with Crippen molar-refractivity contribution in [3.8, 4) is 0 Å². The van der Waals surface area contributed by atoms with Crippen LogP contribution in [0.1, 0.15) is 19.8 Å². The van der Waals surface area contributed by atoms with Crippen molar-refractivity contribution in [3.63, 3.8) is 0 Å². The summed E-state index contributed by atoms with van der Waals surface area (Å²) in [5.74, 6) is -2.80. The second-order valence-electron chi connectivity index (χ2n) is 7.36. The third-order valence-corrected chi connectivity index (χ3v) is 4.97. The second-order valence-corrected chi connectivity index (χ2v) is 7.36. The van der Waals surface area contributed by atoms with Gasteiger partial charge >= 0.3 is 0 Å². The van der Waals surface area contributed by atoms with Crippen LogP contribution >= 0.6 is 0 Å². The lowest BCUT2D eigenvalue weighted by molar-refractivity contribution is -0.158. The highest BCUT2D eigenvalue weighted by Gasteiger charge is 2.40. The number of amides is 5. The Balaban J connectivity index is 2.05. The van der Waals surface area contributed by atoms with Crippen molar-refractivity contribution in [1.29, 1.82) is 0 Å². The molecule has 0 aromatic rings. The predicted octanol–water partition coefficient (Wildman–Crippen LogP) is -0.315. The summed E-state index contributed by atoms with van der Waals surface area (Å²) in [4.78, 5) is 64.0. The van der Waals surface area contributed by atoms with Gasteiger partial charge in [0.25, 0.3) is 23.6 Å². The molecule has 0 aromatic heterocycles. The molecule has 0 bridgehead atoms. The molecule has 1 unspecified atom stereocenters. The molecule has 0 radical (unpaired) electrons. The molecule has 11 nitrogen and oxygen atoms in total. The summed E-state index contributed by atoms with van der Waals surface area (Å²) in [5.41, 5.74) is 0.229. The smallest absolute Gasteiger partial charge is 0.258 e. The first kappa shape index (κ1) is 25.9. The van der Waals surface area contributed by atoms with E-state index in [1.54, 1.807) is 7.11 Å². The van der Waals surface area contributed by atoms with E-state index in [1.165, 1.54) is 32.2 Å². The molecular formula is C22H29N3O8. The van der Waals surface area contributed by atoms with Crippen LogP contribution in [0.25, 0.3) is 0 Å². The van der Waals surface area contributed by atoms with Crippen LogP contribution in [0.3, 0.4) is 0 Å². The summed E-state index contributed by atoms with van der Waals surface area (Å²) < 4.78 is 15.5. The van der Waals surface area contributed by atoms with E-state index in [1.807, 2.05) is 0 Å². The Morgan fingerprint density at radius 2 is 1.94 bits per heavy atom. The van der Waals surface area contributed by atoms with Gasteiger partial charge < -0.3 is 19.5 Å². The molecule has 1 fully saturated rings. The number of likely N-dealkylation sites (N-methyl/N-ethyl adjacent to an activating group) is 1. The first-order chi connectivity index (χ1) is 15.8. The van der Waals surface area contributed by atoms with Gasteiger partial charge in [-0.3, -0.25) is 33.8 Å². The van der Waals surface area contributed by atoms with Gasteiger partial charge in [0.05, 0.1) is 19.8 Å². The van der Waals surface area contributed by atoms with Gasteiger partial charge in [-0.25, -0.2) is 0 Å². The lowest BCUT2D eigenvalue weighted by Gasteiger charge is -2.34. The van der Waals surface area contributed by atoms with Gasteiger partial charge in [-0.2, -0.15) is 0 Å². The Hall–Kier alpha value is -3.31. The Morgan fingerprint density at radius 3 is 2.67 bits per heavy atom. The fourth-order valence-corrected chi connectivity index (χ4v) is 3.12. The van der Waals surface area contributed by atoms with Crippen LogP contribution in [-0.4, -0.2) is 92.5 Å².